The van der Waals surface area contributed by atoms with Crippen LogP contribution in [0.15, 0.2) is 60.9 Å². The van der Waals surface area contributed by atoms with Crippen LogP contribution in [0.3, 0.4) is 0 Å². The third-order valence-electron chi connectivity index (χ3n) is 3.61. The maximum atomic E-state index is 12.2. The van der Waals surface area contributed by atoms with Crippen LogP contribution in [0.5, 0.6) is 5.75 Å². The second-order valence-electron chi connectivity index (χ2n) is 5.40. The first-order valence-electron chi connectivity index (χ1n) is 7.73. The lowest BCUT2D eigenvalue weighted by atomic mass is 10.1. The second kappa shape index (κ2) is 7.59. The third kappa shape index (κ3) is 4.21. The summed E-state index contributed by atoms with van der Waals surface area (Å²) in [6, 6.07) is 16.3. The number of methoxy groups -OCH3 is 1. The van der Waals surface area contributed by atoms with Gasteiger partial charge in [0.1, 0.15) is 12.1 Å². The van der Waals surface area contributed by atoms with Crippen LogP contribution < -0.4 is 10.1 Å². The van der Waals surface area contributed by atoms with Crippen molar-refractivity contribution in [3.8, 4) is 5.75 Å². The van der Waals surface area contributed by atoms with Crippen molar-refractivity contribution in [1.29, 1.82) is 0 Å². The molecule has 0 saturated heterocycles. The number of hydrogen-bond acceptors (Lipinski definition) is 5. The zero-order chi connectivity index (χ0) is 17.6. The Hall–Kier alpha value is -3.19. The van der Waals surface area contributed by atoms with Crippen molar-refractivity contribution in [3.05, 3.63) is 72.3 Å². The summed E-state index contributed by atoms with van der Waals surface area (Å²) in [5.41, 5.74) is 1.37. The number of anilines is 1. The Balaban J connectivity index is 1.65. The summed E-state index contributed by atoms with van der Waals surface area (Å²) in [6.07, 6.45) is 0.698. The standard InChI is InChI=1S/C18H18N4O3/c1-25-15-9-5-8-14(10-15)20-18(24)17-19-12-22(21-17)11-16(23)13-6-3-2-4-7-13/h2-10,12,16,23H,11H2,1H3,(H,20,24). The molecule has 3 rings (SSSR count). The van der Waals surface area contributed by atoms with Crippen LogP contribution in [0.25, 0.3) is 0 Å². The number of rotatable bonds is 6. The minimum absolute atomic E-state index is 0.0306. The van der Waals surface area contributed by atoms with Crippen molar-refractivity contribution in [3.63, 3.8) is 0 Å². The quantitative estimate of drug-likeness (QED) is 0.720. The van der Waals surface area contributed by atoms with E-state index >= 15 is 0 Å². The fraction of sp³-hybridized carbons (Fsp3) is 0.167. The van der Waals surface area contributed by atoms with Crippen LogP contribution in [-0.2, 0) is 6.54 Å². The molecule has 1 atom stereocenters. The highest BCUT2D eigenvalue weighted by molar-refractivity contribution is 6.01. The lowest BCUT2D eigenvalue weighted by Crippen LogP contribution is -2.15. The van der Waals surface area contributed by atoms with Crippen LogP contribution in [0.1, 0.15) is 22.3 Å². The van der Waals surface area contributed by atoms with Gasteiger partial charge in [-0.15, -0.1) is 5.10 Å². The molecule has 0 spiro atoms. The topological polar surface area (TPSA) is 89.3 Å². The number of aliphatic hydroxyl groups excluding tert-OH is 1. The van der Waals surface area contributed by atoms with Crippen molar-refractivity contribution in [1.82, 2.24) is 14.8 Å². The van der Waals surface area contributed by atoms with Gasteiger partial charge >= 0.3 is 0 Å². The maximum Gasteiger partial charge on any atom is 0.295 e. The van der Waals surface area contributed by atoms with E-state index in [2.05, 4.69) is 15.4 Å². The maximum absolute atomic E-state index is 12.2. The third-order valence-corrected chi connectivity index (χ3v) is 3.61. The van der Waals surface area contributed by atoms with E-state index in [0.29, 0.717) is 11.4 Å². The van der Waals surface area contributed by atoms with Crippen LogP contribution in [0, 0.1) is 0 Å². The van der Waals surface area contributed by atoms with Crippen molar-refractivity contribution in [2.75, 3.05) is 12.4 Å². The Morgan fingerprint density at radius 1 is 1.24 bits per heavy atom. The summed E-state index contributed by atoms with van der Waals surface area (Å²) in [4.78, 5) is 16.2. The first kappa shape index (κ1) is 16.7. The van der Waals surface area contributed by atoms with Gasteiger partial charge in [-0.25, -0.2) is 9.67 Å². The van der Waals surface area contributed by atoms with Gasteiger partial charge in [-0.1, -0.05) is 36.4 Å². The number of nitrogens with zero attached hydrogens (tertiary/aromatic N) is 3. The number of ether oxygens (including phenoxy) is 1. The molecular weight excluding hydrogens is 320 g/mol. The molecule has 1 amide bonds. The van der Waals surface area contributed by atoms with E-state index in [4.69, 9.17) is 4.74 Å². The Labute approximate surface area is 144 Å². The van der Waals surface area contributed by atoms with Crippen molar-refractivity contribution in [2.45, 2.75) is 12.6 Å². The second-order valence-corrected chi connectivity index (χ2v) is 5.40. The monoisotopic (exact) mass is 338 g/mol. The van der Waals surface area contributed by atoms with Gasteiger partial charge in [0.25, 0.3) is 5.91 Å². The van der Waals surface area contributed by atoms with Gasteiger partial charge in [0.05, 0.1) is 19.8 Å². The molecule has 7 nitrogen and oxygen atoms in total. The van der Waals surface area contributed by atoms with Crippen LogP contribution in [0.2, 0.25) is 0 Å². The number of benzene rings is 2. The Morgan fingerprint density at radius 3 is 2.80 bits per heavy atom. The van der Waals surface area contributed by atoms with Gasteiger partial charge < -0.3 is 15.2 Å². The number of hydrogen-bond donors (Lipinski definition) is 2. The Kier molecular flexibility index (Phi) is 5.06. The Morgan fingerprint density at radius 2 is 2.04 bits per heavy atom. The number of nitrogens with one attached hydrogen (secondary N) is 1. The zero-order valence-corrected chi connectivity index (χ0v) is 13.7. The lowest BCUT2D eigenvalue weighted by molar-refractivity contribution is 0.101. The molecule has 1 unspecified atom stereocenters. The predicted molar refractivity (Wildman–Crippen MR) is 92.4 cm³/mol. The van der Waals surface area contributed by atoms with E-state index in [1.165, 1.54) is 11.0 Å². The summed E-state index contributed by atoms with van der Waals surface area (Å²) in [7, 11) is 1.56. The van der Waals surface area contributed by atoms with E-state index < -0.39 is 12.0 Å². The normalized spacial score (nSPS) is 11.8. The number of aromatic nitrogens is 3. The largest absolute Gasteiger partial charge is 0.497 e. The molecule has 1 heterocycles. The number of carbonyl (C=O) groups is 1. The summed E-state index contributed by atoms with van der Waals surface area (Å²) in [5, 5.41) is 17.0. The summed E-state index contributed by atoms with van der Waals surface area (Å²) < 4.78 is 6.56. The van der Waals surface area contributed by atoms with Gasteiger partial charge in [-0.05, 0) is 17.7 Å². The van der Waals surface area contributed by atoms with E-state index in [1.54, 1.807) is 31.4 Å². The minimum atomic E-state index is -0.725. The average Bonchev–Trinajstić information content (AvgIpc) is 3.11. The smallest absolute Gasteiger partial charge is 0.295 e. The molecule has 0 saturated carbocycles. The molecule has 0 aliphatic heterocycles. The van der Waals surface area contributed by atoms with Crippen molar-refractivity contribution in [2.24, 2.45) is 0 Å². The minimum Gasteiger partial charge on any atom is -0.497 e. The van der Waals surface area contributed by atoms with Gasteiger partial charge in [0.2, 0.25) is 5.82 Å². The zero-order valence-electron chi connectivity index (χ0n) is 13.7. The summed E-state index contributed by atoms with van der Waals surface area (Å²) >= 11 is 0. The molecule has 1 aromatic heterocycles. The molecule has 7 heteroatoms. The fourth-order valence-electron chi connectivity index (χ4n) is 2.33. The number of carbonyl (C=O) groups excluding carboxylic acids is 1. The molecule has 3 aromatic rings. The first-order chi connectivity index (χ1) is 12.2. The van der Waals surface area contributed by atoms with Crippen molar-refractivity contribution >= 4 is 11.6 Å². The van der Waals surface area contributed by atoms with E-state index in [9.17, 15) is 9.90 Å². The molecule has 2 N–H and O–H groups in total. The van der Waals surface area contributed by atoms with Crippen LogP contribution in [0.4, 0.5) is 5.69 Å². The van der Waals surface area contributed by atoms with Crippen LogP contribution in [-0.4, -0.2) is 32.9 Å². The molecule has 0 radical (unpaired) electrons. The average molecular weight is 338 g/mol. The molecular formula is C18H18N4O3. The van der Waals surface area contributed by atoms with E-state index in [1.807, 2.05) is 30.3 Å². The highest BCUT2D eigenvalue weighted by Crippen LogP contribution is 2.17. The predicted octanol–water partition coefficient (Wildman–Crippen LogP) is 2.27. The lowest BCUT2D eigenvalue weighted by Gasteiger charge is -2.10. The fourth-order valence-corrected chi connectivity index (χ4v) is 2.33. The molecule has 0 aliphatic rings. The van der Waals surface area contributed by atoms with Crippen LogP contribution >= 0.6 is 0 Å². The van der Waals surface area contributed by atoms with Gasteiger partial charge in [-0.3, -0.25) is 4.79 Å². The highest BCUT2D eigenvalue weighted by atomic mass is 16.5. The molecule has 0 aliphatic carbocycles. The van der Waals surface area contributed by atoms with Gasteiger partial charge in [-0.2, -0.15) is 0 Å². The van der Waals surface area contributed by atoms with Gasteiger partial charge in [0, 0.05) is 11.8 Å². The molecule has 128 valence electrons. The van der Waals surface area contributed by atoms with Gasteiger partial charge in [0.15, 0.2) is 0 Å². The number of amides is 1. The molecule has 25 heavy (non-hydrogen) atoms. The number of aliphatic hydroxyl groups is 1. The van der Waals surface area contributed by atoms with E-state index in [0.717, 1.165) is 5.56 Å². The molecule has 0 fully saturated rings. The Bertz CT molecular complexity index is 848. The summed E-state index contributed by atoms with van der Waals surface area (Å²) in [5.74, 6) is 0.242. The summed E-state index contributed by atoms with van der Waals surface area (Å²) in [6.45, 7) is 0.212. The molecule has 2 aromatic carbocycles. The highest BCUT2D eigenvalue weighted by Gasteiger charge is 2.14. The van der Waals surface area contributed by atoms with E-state index in [-0.39, 0.29) is 12.4 Å². The van der Waals surface area contributed by atoms with Crippen molar-refractivity contribution < 1.29 is 14.6 Å². The first-order valence-corrected chi connectivity index (χ1v) is 7.73. The SMILES string of the molecule is COc1cccc(NC(=O)c2ncn(CC(O)c3ccccc3)n2)c1. The molecule has 0 bridgehead atoms.